The van der Waals surface area contributed by atoms with Crippen molar-refractivity contribution < 1.29 is 0 Å². The average Bonchev–Trinajstić information content (AvgIpc) is 2.56. The van der Waals surface area contributed by atoms with Crippen molar-refractivity contribution >= 4 is 5.96 Å². The molecule has 0 saturated carbocycles. The van der Waals surface area contributed by atoms with E-state index in [2.05, 4.69) is 74.4 Å². The molecule has 0 aliphatic heterocycles. The van der Waals surface area contributed by atoms with Crippen molar-refractivity contribution in [3.63, 3.8) is 0 Å². The Kier molecular flexibility index (Phi) is 9.37. The normalized spacial score (nSPS) is 12.0. The Morgan fingerprint density at radius 3 is 2.26 bits per heavy atom. The molecule has 130 valence electrons. The molecule has 23 heavy (non-hydrogen) atoms. The van der Waals surface area contributed by atoms with Gasteiger partial charge in [0.15, 0.2) is 5.96 Å². The molecule has 0 amide bonds. The largest absolute Gasteiger partial charge is 0.357 e. The fourth-order valence-electron chi connectivity index (χ4n) is 2.36. The summed E-state index contributed by atoms with van der Waals surface area (Å²) in [5.74, 6) is 1.51. The van der Waals surface area contributed by atoms with E-state index in [4.69, 9.17) is 4.99 Å². The Morgan fingerprint density at radius 2 is 1.70 bits per heavy atom. The van der Waals surface area contributed by atoms with Crippen molar-refractivity contribution in [1.82, 2.24) is 15.5 Å². The Hall–Kier alpha value is -1.55. The quantitative estimate of drug-likeness (QED) is 0.542. The number of rotatable bonds is 9. The van der Waals surface area contributed by atoms with Crippen LogP contribution in [-0.2, 0) is 13.1 Å². The molecule has 0 fully saturated rings. The molecule has 0 aromatic heterocycles. The molecule has 0 aliphatic rings. The third-order valence-electron chi connectivity index (χ3n) is 3.84. The molecule has 4 nitrogen and oxygen atoms in total. The molecular formula is C19H34N4. The number of hydrogen-bond acceptors (Lipinski definition) is 2. The topological polar surface area (TPSA) is 39.7 Å². The lowest BCUT2D eigenvalue weighted by Crippen LogP contribution is -2.39. The highest BCUT2D eigenvalue weighted by Gasteiger charge is 2.06. The van der Waals surface area contributed by atoms with Crippen molar-refractivity contribution in [2.45, 2.75) is 47.7 Å². The summed E-state index contributed by atoms with van der Waals surface area (Å²) in [5.41, 5.74) is 2.68. The van der Waals surface area contributed by atoms with Gasteiger partial charge in [-0.05, 0) is 37.1 Å². The molecule has 1 aromatic carbocycles. The Labute approximate surface area is 142 Å². The van der Waals surface area contributed by atoms with E-state index in [0.717, 1.165) is 38.7 Å². The van der Waals surface area contributed by atoms with Gasteiger partial charge in [0.2, 0.25) is 0 Å². The summed E-state index contributed by atoms with van der Waals surface area (Å²) in [6.07, 6.45) is 0. The highest BCUT2D eigenvalue weighted by Crippen LogP contribution is 2.13. The molecule has 2 N–H and O–H groups in total. The van der Waals surface area contributed by atoms with Gasteiger partial charge in [-0.25, -0.2) is 4.99 Å². The van der Waals surface area contributed by atoms with Gasteiger partial charge in [0.25, 0.3) is 0 Å². The summed E-state index contributed by atoms with van der Waals surface area (Å²) in [4.78, 5) is 7.19. The third-order valence-corrected chi connectivity index (χ3v) is 3.84. The Balaban J connectivity index is 2.78. The van der Waals surface area contributed by atoms with Crippen LogP contribution in [-0.4, -0.2) is 37.0 Å². The molecule has 0 atom stereocenters. The summed E-state index contributed by atoms with van der Waals surface area (Å²) in [5, 5.41) is 6.72. The van der Waals surface area contributed by atoms with Gasteiger partial charge in [-0.15, -0.1) is 0 Å². The number of benzene rings is 1. The van der Waals surface area contributed by atoms with E-state index in [0.29, 0.717) is 12.5 Å². The molecule has 0 unspecified atom stereocenters. The summed E-state index contributed by atoms with van der Waals surface area (Å²) in [7, 11) is 0. The highest BCUT2D eigenvalue weighted by atomic mass is 15.2. The van der Waals surface area contributed by atoms with Crippen LogP contribution in [0.3, 0.4) is 0 Å². The second-order valence-corrected chi connectivity index (χ2v) is 6.20. The van der Waals surface area contributed by atoms with E-state index in [-0.39, 0.29) is 0 Å². The lowest BCUT2D eigenvalue weighted by molar-refractivity contribution is 0.295. The van der Waals surface area contributed by atoms with Gasteiger partial charge in [-0.3, -0.25) is 4.90 Å². The highest BCUT2D eigenvalue weighted by molar-refractivity contribution is 5.79. The predicted octanol–water partition coefficient (Wildman–Crippen LogP) is 3.24. The summed E-state index contributed by atoms with van der Waals surface area (Å²) in [6.45, 7) is 16.6. The second kappa shape index (κ2) is 11.1. The minimum Gasteiger partial charge on any atom is -0.357 e. The number of aliphatic imine (C=N–C) groups is 1. The maximum Gasteiger partial charge on any atom is 0.191 e. The van der Waals surface area contributed by atoms with Gasteiger partial charge in [0, 0.05) is 19.6 Å². The first kappa shape index (κ1) is 19.5. The van der Waals surface area contributed by atoms with Crippen LogP contribution in [0.1, 0.15) is 45.7 Å². The van der Waals surface area contributed by atoms with E-state index < -0.39 is 0 Å². The number of nitrogens with zero attached hydrogens (tertiary/aromatic N) is 2. The van der Waals surface area contributed by atoms with Crippen molar-refractivity contribution in [3.8, 4) is 0 Å². The molecule has 0 saturated heterocycles. The van der Waals surface area contributed by atoms with Gasteiger partial charge in [0.05, 0.1) is 6.54 Å². The van der Waals surface area contributed by atoms with Crippen LogP contribution in [0.15, 0.2) is 29.3 Å². The molecule has 0 heterocycles. The molecular weight excluding hydrogens is 284 g/mol. The minimum atomic E-state index is 0.605. The van der Waals surface area contributed by atoms with Gasteiger partial charge in [-0.2, -0.15) is 0 Å². The standard InChI is InChI=1S/C19H34N4/c1-6-20-19(21-13-16(4)5)22-14-17-11-9-10-12-18(17)15-23(7-2)8-3/h9-12,16H,6-8,13-15H2,1-5H3,(H2,20,21,22). The molecule has 0 spiro atoms. The smallest absolute Gasteiger partial charge is 0.191 e. The van der Waals surface area contributed by atoms with Gasteiger partial charge < -0.3 is 10.6 Å². The van der Waals surface area contributed by atoms with Crippen LogP contribution in [0.2, 0.25) is 0 Å². The number of nitrogens with one attached hydrogen (secondary N) is 2. The zero-order valence-electron chi connectivity index (χ0n) is 15.5. The Bertz CT molecular complexity index is 464. The first-order valence-corrected chi connectivity index (χ1v) is 8.91. The van der Waals surface area contributed by atoms with Crippen LogP contribution >= 0.6 is 0 Å². The first-order chi connectivity index (χ1) is 11.1. The van der Waals surface area contributed by atoms with Gasteiger partial charge >= 0.3 is 0 Å². The maximum absolute atomic E-state index is 4.75. The van der Waals surface area contributed by atoms with Crippen LogP contribution in [0, 0.1) is 5.92 Å². The zero-order valence-corrected chi connectivity index (χ0v) is 15.5. The van der Waals surface area contributed by atoms with Crippen molar-refractivity contribution in [2.75, 3.05) is 26.2 Å². The lowest BCUT2D eigenvalue weighted by atomic mass is 10.1. The van der Waals surface area contributed by atoms with Crippen LogP contribution in [0.4, 0.5) is 0 Å². The molecule has 0 bridgehead atoms. The molecule has 1 rings (SSSR count). The van der Waals surface area contributed by atoms with Crippen LogP contribution in [0.25, 0.3) is 0 Å². The summed E-state index contributed by atoms with van der Waals surface area (Å²) in [6, 6.07) is 8.63. The molecule has 0 aliphatic carbocycles. The fourth-order valence-corrected chi connectivity index (χ4v) is 2.36. The minimum absolute atomic E-state index is 0.605. The van der Waals surface area contributed by atoms with Gasteiger partial charge in [-0.1, -0.05) is 52.0 Å². The summed E-state index contributed by atoms with van der Waals surface area (Å²) < 4.78 is 0. The predicted molar refractivity (Wildman–Crippen MR) is 101 cm³/mol. The first-order valence-electron chi connectivity index (χ1n) is 8.91. The molecule has 1 aromatic rings. The van der Waals surface area contributed by atoms with Crippen LogP contribution < -0.4 is 10.6 Å². The van der Waals surface area contributed by atoms with E-state index in [1.807, 2.05) is 0 Å². The van der Waals surface area contributed by atoms with E-state index in [9.17, 15) is 0 Å². The summed E-state index contributed by atoms with van der Waals surface area (Å²) >= 11 is 0. The van der Waals surface area contributed by atoms with Crippen molar-refractivity contribution in [2.24, 2.45) is 10.9 Å². The lowest BCUT2D eigenvalue weighted by Gasteiger charge is -2.20. The second-order valence-electron chi connectivity index (χ2n) is 6.20. The molecule has 4 heteroatoms. The number of hydrogen-bond donors (Lipinski definition) is 2. The molecule has 0 radical (unpaired) electrons. The average molecular weight is 319 g/mol. The Morgan fingerprint density at radius 1 is 1.04 bits per heavy atom. The van der Waals surface area contributed by atoms with Crippen LogP contribution in [0.5, 0.6) is 0 Å². The third kappa shape index (κ3) is 7.51. The SMILES string of the molecule is CCNC(=NCc1ccccc1CN(CC)CC)NCC(C)C. The number of guanidine groups is 1. The fraction of sp³-hybridized carbons (Fsp3) is 0.632. The van der Waals surface area contributed by atoms with Gasteiger partial charge in [0.1, 0.15) is 0 Å². The van der Waals surface area contributed by atoms with Crippen molar-refractivity contribution in [3.05, 3.63) is 35.4 Å². The monoisotopic (exact) mass is 318 g/mol. The van der Waals surface area contributed by atoms with E-state index in [1.54, 1.807) is 0 Å². The van der Waals surface area contributed by atoms with E-state index >= 15 is 0 Å². The van der Waals surface area contributed by atoms with Crippen molar-refractivity contribution in [1.29, 1.82) is 0 Å². The van der Waals surface area contributed by atoms with E-state index in [1.165, 1.54) is 11.1 Å². The zero-order chi connectivity index (χ0) is 17.1. The maximum atomic E-state index is 4.75.